The third-order valence-electron chi connectivity index (χ3n) is 3.18. The van der Waals surface area contributed by atoms with Crippen LogP contribution in [-0.2, 0) is 9.53 Å². The highest BCUT2D eigenvalue weighted by atomic mass is 16.5. The van der Waals surface area contributed by atoms with Gasteiger partial charge in [-0.15, -0.1) is 0 Å². The van der Waals surface area contributed by atoms with Crippen molar-refractivity contribution in [3.8, 4) is 11.8 Å². The van der Waals surface area contributed by atoms with Crippen molar-refractivity contribution in [1.82, 2.24) is 0 Å². The Kier molecular flexibility index (Phi) is 2.26. The molecule has 0 radical (unpaired) electrons. The average Bonchev–Trinajstić information content (AvgIpc) is 2.88. The van der Waals surface area contributed by atoms with Gasteiger partial charge in [0.05, 0.1) is 7.11 Å². The lowest BCUT2D eigenvalue weighted by Crippen LogP contribution is -1.94. The van der Waals surface area contributed by atoms with Crippen molar-refractivity contribution in [3.63, 3.8) is 0 Å². The summed E-state index contributed by atoms with van der Waals surface area (Å²) in [7, 11) is 1.37. The van der Waals surface area contributed by atoms with Gasteiger partial charge in [-0.2, -0.15) is 0 Å². The van der Waals surface area contributed by atoms with Crippen LogP contribution in [0.25, 0.3) is 0 Å². The molecule has 70 valence electrons. The van der Waals surface area contributed by atoms with Gasteiger partial charge in [-0.3, -0.25) is 0 Å². The summed E-state index contributed by atoms with van der Waals surface area (Å²) >= 11 is 0. The van der Waals surface area contributed by atoms with Gasteiger partial charge in [0.2, 0.25) is 0 Å². The molecule has 0 N–H and O–H groups in total. The summed E-state index contributed by atoms with van der Waals surface area (Å²) < 4.78 is 4.47. The minimum absolute atomic E-state index is 0.399. The van der Waals surface area contributed by atoms with E-state index < -0.39 is 5.97 Å². The molecule has 0 saturated heterocycles. The van der Waals surface area contributed by atoms with E-state index in [1.165, 1.54) is 32.8 Å². The normalized spacial score (nSPS) is 35.3. The van der Waals surface area contributed by atoms with Gasteiger partial charge in [-0.25, -0.2) is 4.79 Å². The lowest BCUT2D eigenvalue weighted by atomic mass is 10.0. The Morgan fingerprint density at radius 1 is 1.31 bits per heavy atom. The maximum Gasteiger partial charge on any atom is 0.384 e. The smallest absolute Gasteiger partial charge is 0.384 e. The minimum atomic E-state index is -0.399. The number of carbonyl (C=O) groups is 1. The molecule has 2 aliphatic rings. The highest BCUT2D eigenvalue weighted by Gasteiger charge is 2.49. The summed E-state index contributed by atoms with van der Waals surface area (Å²) in [6.07, 6.45) is 5.31. The van der Waals surface area contributed by atoms with E-state index >= 15 is 0 Å². The van der Waals surface area contributed by atoms with Crippen molar-refractivity contribution in [1.29, 1.82) is 0 Å². The van der Waals surface area contributed by atoms with Crippen LogP contribution < -0.4 is 0 Å². The Labute approximate surface area is 78.7 Å². The van der Waals surface area contributed by atoms with Gasteiger partial charge >= 0.3 is 5.97 Å². The van der Waals surface area contributed by atoms with Crippen molar-refractivity contribution >= 4 is 5.97 Å². The van der Waals surface area contributed by atoms with Crippen LogP contribution in [0.2, 0.25) is 0 Å². The van der Waals surface area contributed by atoms with Crippen molar-refractivity contribution in [2.24, 2.45) is 17.8 Å². The van der Waals surface area contributed by atoms with Gasteiger partial charge in [0.15, 0.2) is 0 Å². The molecular formula is C11H14O2. The summed E-state index contributed by atoms with van der Waals surface area (Å²) in [4.78, 5) is 10.8. The number of rotatable bonds is 0. The second-order valence-electron chi connectivity index (χ2n) is 3.90. The van der Waals surface area contributed by atoms with E-state index in [0.29, 0.717) is 5.92 Å². The van der Waals surface area contributed by atoms with Crippen molar-refractivity contribution in [3.05, 3.63) is 0 Å². The molecule has 0 aromatic rings. The Morgan fingerprint density at radius 3 is 2.46 bits per heavy atom. The lowest BCUT2D eigenvalue weighted by molar-refractivity contribution is -0.133. The molecule has 2 saturated carbocycles. The molecule has 2 fully saturated rings. The maximum atomic E-state index is 10.8. The quantitative estimate of drug-likeness (QED) is 0.320. The zero-order valence-electron chi connectivity index (χ0n) is 7.88. The van der Waals surface area contributed by atoms with E-state index in [9.17, 15) is 4.79 Å². The van der Waals surface area contributed by atoms with E-state index in [-0.39, 0.29) is 0 Å². The number of methoxy groups -OCH3 is 1. The van der Waals surface area contributed by atoms with E-state index in [1.54, 1.807) is 0 Å². The van der Waals surface area contributed by atoms with Crippen LogP contribution in [0.15, 0.2) is 0 Å². The maximum absolute atomic E-state index is 10.8. The van der Waals surface area contributed by atoms with E-state index in [0.717, 1.165) is 11.8 Å². The van der Waals surface area contributed by atoms with Gasteiger partial charge in [0.25, 0.3) is 0 Å². The first-order chi connectivity index (χ1) is 6.33. The fraction of sp³-hybridized carbons (Fsp3) is 0.727. The number of hydrogen-bond acceptors (Lipinski definition) is 2. The fourth-order valence-electron chi connectivity index (χ4n) is 2.40. The molecule has 0 spiro atoms. The Morgan fingerprint density at radius 2 is 1.92 bits per heavy atom. The highest BCUT2D eigenvalue weighted by Crippen LogP contribution is 2.54. The second kappa shape index (κ2) is 3.41. The van der Waals surface area contributed by atoms with Crippen LogP contribution in [0.4, 0.5) is 0 Å². The first-order valence-electron chi connectivity index (χ1n) is 4.92. The molecular weight excluding hydrogens is 164 g/mol. The van der Waals surface area contributed by atoms with Gasteiger partial charge in [-0.1, -0.05) is 18.8 Å². The average molecular weight is 178 g/mol. The minimum Gasteiger partial charge on any atom is -0.459 e. The number of esters is 1. The van der Waals surface area contributed by atoms with Gasteiger partial charge in [-0.05, 0) is 24.7 Å². The Hall–Kier alpha value is -0.970. The van der Waals surface area contributed by atoms with Crippen LogP contribution >= 0.6 is 0 Å². The zero-order chi connectivity index (χ0) is 9.26. The summed E-state index contributed by atoms with van der Waals surface area (Å²) in [5.74, 6) is 7.26. The molecule has 2 nitrogen and oxygen atoms in total. The third kappa shape index (κ3) is 1.70. The predicted octanol–water partition coefficient (Wildman–Crippen LogP) is 1.60. The molecule has 2 rings (SSSR count). The molecule has 0 aromatic heterocycles. The van der Waals surface area contributed by atoms with Gasteiger partial charge in [0, 0.05) is 11.8 Å². The fourth-order valence-corrected chi connectivity index (χ4v) is 2.40. The van der Waals surface area contributed by atoms with E-state index in [2.05, 4.69) is 16.6 Å². The summed E-state index contributed by atoms with van der Waals surface area (Å²) in [5, 5.41) is 0. The molecule has 2 atom stereocenters. The number of hydrogen-bond donors (Lipinski definition) is 0. The summed E-state index contributed by atoms with van der Waals surface area (Å²) in [5.41, 5.74) is 0. The largest absolute Gasteiger partial charge is 0.459 e. The van der Waals surface area contributed by atoms with Crippen molar-refractivity contribution < 1.29 is 9.53 Å². The van der Waals surface area contributed by atoms with Gasteiger partial charge < -0.3 is 4.74 Å². The molecule has 13 heavy (non-hydrogen) atoms. The van der Waals surface area contributed by atoms with Crippen molar-refractivity contribution in [2.45, 2.75) is 25.7 Å². The zero-order valence-corrected chi connectivity index (χ0v) is 7.88. The molecule has 2 unspecified atom stereocenters. The number of ether oxygens (including phenoxy) is 1. The summed E-state index contributed by atoms with van der Waals surface area (Å²) in [6.45, 7) is 0. The molecule has 0 heterocycles. The van der Waals surface area contributed by atoms with Crippen LogP contribution in [0, 0.1) is 29.6 Å². The van der Waals surface area contributed by atoms with E-state index in [4.69, 9.17) is 0 Å². The number of fused-ring (bicyclic) bond motifs is 1. The number of carbonyl (C=O) groups excluding carboxylic acids is 1. The topological polar surface area (TPSA) is 26.3 Å². The molecule has 0 amide bonds. The lowest BCUT2D eigenvalue weighted by Gasteiger charge is -2.04. The van der Waals surface area contributed by atoms with Gasteiger partial charge in [0.1, 0.15) is 0 Å². The highest BCUT2D eigenvalue weighted by molar-refractivity contribution is 5.88. The monoisotopic (exact) mass is 178 g/mol. The van der Waals surface area contributed by atoms with Crippen LogP contribution in [-0.4, -0.2) is 13.1 Å². The third-order valence-corrected chi connectivity index (χ3v) is 3.18. The molecule has 0 aromatic carbocycles. The van der Waals surface area contributed by atoms with E-state index in [1.807, 2.05) is 0 Å². The predicted molar refractivity (Wildman–Crippen MR) is 48.7 cm³/mol. The second-order valence-corrected chi connectivity index (χ2v) is 3.90. The van der Waals surface area contributed by atoms with Crippen LogP contribution in [0.3, 0.4) is 0 Å². The molecule has 2 heteroatoms. The summed E-state index contributed by atoms with van der Waals surface area (Å²) in [6, 6.07) is 0. The van der Waals surface area contributed by atoms with Crippen LogP contribution in [0.1, 0.15) is 25.7 Å². The van der Waals surface area contributed by atoms with Crippen LogP contribution in [0.5, 0.6) is 0 Å². The Bertz CT molecular complexity index is 260. The first-order valence-corrected chi connectivity index (χ1v) is 4.92. The molecule has 0 aliphatic heterocycles. The first kappa shape index (κ1) is 8.62. The molecule has 0 bridgehead atoms. The SMILES string of the molecule is COC(=O)C#CC1C2CCCCC12. The van der Waals surface area contributed by atoms with Crippen molar-refractivity contribution in [2.75, 3.05) is 7.11 Å². The molecule has 2 aliphatic carbocycles. The standard InChI is InChI=1S/C11H14O2/c1-13-11(12)7-6-10-8-4-2-3-5-9(8)10/h8-10H,2-5H2,1H3. The Balaban J connectivity index is 1.89.